The number of rotatable bonds is 1. The third kappa shape index (κ3) is 2.83. The van der Waals surface area contributed by atoms with Crippen molar-refractivity contribution in [3.63, 3.8) is 0 Å². The van der Waals surface area contributed by atoms with Gasteiger partial charge in [0.25, 0.3) is 0 Å². The molecule has 1 atom stereocenters. The van der Waals surface area contributed by atoms with Crippen LogP contribution in [0.15, 0.2) is 158 Å². The van der Waals surface area contributed by atoms with Gasteiger partial charge in [-0.25, -0.2) is 0 Å². The Morgan fingerprint density at radius 1 is 0.326 bits per heavy atom. The van der Waals surface area contributed by atoms with Gasteiger partial charge < -0.3 is 4.74 Å². The molecule has 0 saturated heterocycles. The predicted octanol–water partition coefficient (Wildman–Crippen LogP) is 11.8. The van der Waals surface area contributed by atoms with Crippen LogP contribution in [0.3, 0.4) is 0 Å². The van der Waals surface area contributed by atoms with Crippen LogP contribution in [0.25, 0.3) is 66.1 Å². The summed E-state index contributed by atoms with van der Waals surface area (Å²) in [6, 6.07) is 58.3. The molecule has 0 aromatic heterocycles. The summed E-state index contributed by atoms with van der Waals surface area (Å²) >= 11 is 0. The fourth-order valence-corrected chi connectivity index (χ4v) is 9.03. The van der Waals surface area contributed by atoms with Crippen LogP contribution in [0.4, 0.5) is 0 Å². The smallest absolute Gasteiger partial charge is 0.135 e. The highest BCUT2D eigenvalue weighted by atomic mass is 16.5. The fraction of sp³-hybridized carbons (Fsp3) is 0.0222. The second kappa shape index (κ2) is 8.62. The third-order valence-electron chi connectivity index (χ3n) is 10.7. The number of para-hydroxylation sites is 1. The fourth-order valence-electron chi connectivity index (χ4n) is 9.03. The second-order valence-corrected chi connectivity index (χ2v) is 12.7. The summed E-state index contributed by atoms with van der Waals surface area (Å²) in [4.78, 5) is 0. The Bertz CT molecular complexity index is 2620. The molecule has 1 aliphatic heterocycles. The molecule has 0 radical (unpaired) electrons. The molecule has 46 heavy (non-hydrogen) atoms. The van der Waals surface area contributed by atoms with E-state index in [1.165, 1.54) is 82.7 Å². The van der Waals surface area contributed by atoms with Crippen molar-refractivity contribution in [1.29, 1.82) is 0 Å². The van der Waals surface area contributed by atoms with Crippen molar-refractivity contribution >= 4 is 21.5 Å². The third-order valence-corrected chi connectivity index (χ3v) is 10.7. The summed E-state index contributed by atoms with van der Waals surface area (Å²) in [7, 11) is 0. The number of fused-ring (bicyclic) bond motifs is 11. The lowest BCUT2D eigenvalue weighted by molar-refractivity contribution is 0.487. The lowest BCUT2D eigenvalue weighted by Gasteiger charge is -2.41. The maximum atomic E-state index is 6.52. The van der Waals surface area contributed by atoms with Gasteiger partial charge in [0, 0.05) is 10.9 Å². The van der Waals surface area contributed by atoms with Crippen molar-refractivity contribution < 1.29 is 4.74 Å². The first-order valence-electron chi connectivity index (χ1n) is 16.0. The van der Waals surface area contributed by atoms with Gasteiger partial charge in [-0.05, 0) is 89.5 Å². The molecular formula is C45H26O. The van der Waals surface area contributed by atoms with E-state index in [1.807, 2.05) is 6.07 Å². The quantitative estimate of drug-likeness (QED) is 0.187. The number of hydrogen-bond acceptors (Lipinski definition) is 1. The van der Waals surface area contributed by atoms with Crippen molar-refractivity contribution in [3.8, 4) is 56.0 Å². The van der Waals surface area contributed by atoms with E-state index in [-0.39, 0.29) is 0 Å². The molecule has 212 valence electrons. The van der Waals surface area contributed by atoms with Gasteiger partial charge >= 0.3 is 0 Å². The molecule has 0 bridgehead atoms. The van der Waals surface area contributed by atoms with Gasteiger partial charge in [-0.2, -0.15) is 0 Å². The molecule has 0 N–H and O–H groups in total. The van der Waals surface area contributed by atoms with Crippen molar-refractivity contribution in [3.05, 3.63) is 180 Å². The molecule has 1 heteroatoms. The van der Waals surface area contributed by atoms with Crippen LogP contribution in [0.5, 0.6) is 11.5 Å². The van der Waals surface area contributed by atoms with Gasteiger partial charge in [-0.1, -0.05) is 146 Å². The minimum Gasteiger partial charge on any atom is -0.456 e. The van der Waals surface area contributed by atoms with Gasteiger partial charge in [0.15, 0.2) is 0 Å². The average molecular weight is 583 g/mol. The second-order valence-electron chi connectivity index (χ2n) is 12.7. The molecule has 1 spiro atoms. The number of ether oxygens (including phenoxy) is 1. The van der Waals surface area contributed by atoms with E-state index in [9.17, 15) is 0 Å². The topological polar surface area (TPSA) is 9.23 Å². The Hall–Kier alpha value is -5.92. The molecule has 0 amide bonds. The summed E-state index contributed by atoms with van der Waals surface area (Å²) in [6.07, 6.45) is 0. The lowest BCUT2D eigenvalue weighted by Crippen LogP contribution is -2.32. The molecule has 3 aliphatic rings. The minimum absolute atomic E-state index is 0.476. The van der Waals surface area contributed by atoms with Crippen LogP contribution < -0.4 is 4.74 Å². The van der Waals surface area contributed by atoms with E-state index in [0.717, 1.165) is 17.1 Å². The molecule has 1 heterocycles. The largest absolute Gasteiger partial charge is 0.456 e. The molecule has 1 nitrogen and oxygen atoms in total. The Balaban J connectivity index is 1.31. The first-order valence-corrected chi connectivity index (χ1v) is 16.0. The van der Waals surface area contributed by atoms with E-state index >= 15 is 0 Å². The maximum absolute atomic E-state index is 6.52. The van der Waals surface area contributed by atoms with E-state index in [0.29, 0.717) is 0 Å². The van der Waals surface area contributed by atoms with Crippen LogP contribution in [0, 0.1) is 0 Å². The zero-order chi connectivity index (χ0) is 30.0. The van der Waals surface area contributed by atoms with Gasteiger partial charge in [-0.3, -0.25) is 0 Å². The first kappa shape index (κ1) is 24.4. The predicted molar refractivity (Wildman–Crippen MR) is 189 cm³/mol. The van der Waals surface area contributed by atoms with E-state index < -0.39 is 5.41 Å². The molecule has 0 saturated carbocycles. The molecule has 11 rings (SSSR count). The van der Waals surface area contributed by atoms with E-state index in [2.05, 4.69) is 152 Å². The van der Waals surface area contributed by atoms with Crippen LogP contribution in [-0.2, 0) is 5.41 Å². The zero-order valence-corrected chi connectivity index (χ0v) is 24.9. The van der Waals surface area contributed by atoms with Crippen LogP contribution in [-0.4, -0.2) is 0 Å². The number of hydrogen-bond donors (Lipinski definition) is 0. The summed E-state index contributed by atoms with van der Waals surface area (Å²) in [5, 5.41) is 5.02. The Morgan fingerprint density at radius 3 is 1.67 bits per heavy atom. The van der Waals surface area contributed by atoms with Crippen molar-refractivity contribution in [2.75, 3.05) is 0 Å². The normalized spacial score (nSPS) is 16.1. The van der Waals surface area contributed by atoms with Gasteiger partial charge in [0.1, 0.15) is 11.5 Å². The zero-order valence-electron chi connectivity index (χ0n) is 24.9. The van der Waals surface area contributed by atoms with Gasteiger partial charge in [0.05, 0.1) is 5.41 Å². The highest BCUT2D eigenvalue weighted by Crippen LogP contribution is 2.64. The minimum atomic E-state index is -0.476. The monoisotopic (exact) mass is 582 g/mol. The van der Waals surface area contributed by atoms with Crippen molar-refractivity contribution in [2.45, 2.75) is 5.41 Å². The molecule has 8 aromatic rings. The molecule has 0 fully saturated rings. The average Bonchev–Trinajstić information content (AvgIpc) is 3.42. The molecular weight excluding hydrogens is 556 g/mol. The van der Waals surface area contributed by atoms with Crippen LogP contribution in [0.2, 0.25) is 0 Å². The summed E-state index contributed by atoms with van der Waals surface area (Å²) in [6.45, 7) is 0. The summed E-state index contributed by atoms with van der Waals surface area (Å²) < 4.78 is 6.52. The van der Waals surface area contributed by atoms with Crippen LogP contribution in [0.1, 0.15) is 22.3 Å². The van der Waals surface area contributed by atoms with E-state index in [1.54, 1.807) is 0 Å². The molecule has 1 unspecified atom stereocenters. The standard InChI is InChI=1S/C45H26O/c1-4-21-37-29(13-1)33-16-7-11-27-12-8-23-39(42(27)33)45(37)38-22-5-2-14-30(38)36-20-10-19-35(44(36)45)28-25-26-41-43-32(28)17-9-18-34(43)31-15-3-6-24-40(31)46-41/h1-26H. The molecule has 8 aromatic carbocycles. The highest BCUT2D eigenvalue weighted by molar-refractivity contribution is 6.12. The lowest BCUT2D eigenvalue weighted by atomic mass is 9.60. The van der Waals surface area contributed by atoms with Crippen LogP contribution >= 0.6 is 0 Å². The maximum Gasteiger partial charge on any atom is 0.135 e. The highest BCUT2D eigenvalue weighted by Gasteiger charge is 2.51. The Kier molecular flexibility index (Phi) is 4.57. The van der Waals surface area contributed by atoms with Crippen molar-refractivity contribution in [2.24, 2.45) is 0 Å². The van der Waals surface area contributed by atoms with Gasteiger partial charge in [0.2, 0.25) is 0 Å². The Morgan fingerprint density at radius 2 is 0.870 bits per heavy atom. The van der Waals surface area contributed by atoms with Gasteiger partial charge in [-0.15, -0.1) is 0 Å². The van der Waals surface area contributed by atoms with Crippen molar-refractivity contribution in [1.82, 2.24) is 0 Å². The van der Waals surface area contributed by atoms with E-state index in [4.69, 9.17) is 4.74 Å². The summed E-state index contributed by atoms with van der Waals surface area (Å²) in [5.41, 5.74) is 15.1. The Labute approximate surface area is 267 Å². The number of benzene rings is 8. The molecule has 2 aliphatic carbocycles. The summed E-state index contributed by atoms with van der Waals surface area (Å²) in [5.74, 6) is 1.83. The first-order chi connectivity index (χ1) is 22.8. The SMILES string of the molecule is c1ccc2c(c1)Oc1ccc(-c3cccc4c3C3(c5ccccc5-4)c4ccccc4-c4cccc5cccc3c45)c3cccc-2c13.